The second kappa shape index (κ2) is 5.00. The molecule has 0 bridgehead atoms. The van der Waals surface area contributed by atoms with E-state index in [-0.39, 0.29) is 17.7 Å². The Balaban J connectivity index is 2.20. The van der Waals surface area contributed by atoms with Crippen LogP contribution < -0.4 is 10.2 Å². The molecule has 2 rings (SSSR count). The Hall–Kier alpha value is -1.16. The van der Waals surface area contributed by atoms with Crippen molar-refractivity contribution in [2.75, 3.05) is 18.5 Å². The maximum atomic E-state index is 13.7. The number of rotatable bonds is 2. The lowest BCUT2D eigenvalue weighted by molar-refractivity contribution is 0.383. The van der Waals surface area contributed by atoms with Gasteiger partial charge in [-0.3, -0.25) is 0 Å². The lowest BCUT2D eigenvalue weighted by atomic mass is 9.97. The monoisotopic (exact) mass is 240 g/mol. The van der Waals surface area contributed by atoms with Crippen molar-refractivity contribution in [2.45, 2.75) is 31.8 Å². The van der Waals surface area contributed by atoms with E-state index < -0.39 is 0 Å². The Bertz CT molecular complexity index is 395. The first-order chi connectivity index (χ1) is 8.11. The van der Waals surface area contributed by atoms with Crippen LogP contribution in [0.5, 0.6) is 0 Å². The summed E-state index contributed by atoms with van der Waals surface area (Å²) in [6.45, 7) is 2.81. The molecule has 0 aromatic heterocycles. The van der Waals surface area contributed by atoms with E-state index in [0.29, 0.717) is 11.7 Å². The van der Waals surface area contributed by atoms with Gasteiger partial charge in [0, 0.05) is 24.7 Å². The zero-order valence-corrected chi connectivity index (χ0v) is 10.2. The van der Waals surface area contributed by atoms with Crippen LogP contribution in [-0.2, 0) is 0 Å². The average molecular weight is 240 g/mol. The van der Waals surface area contributed by atoms with Crippen LogP contribution in [0.15, 0.2) is 18.2 Å². The van der Waals surface area contributed by atoms with E-state index in [2.05, 4.69) is 5.32 Å². The van der Waals surface area contributed by atoms with Crippen LogP contribution in [0.3, 0.4) is 0 Å². The van der Waals surface area contributed by atoms with Gasteiger partial charge in [-0.1, -0.05) is 0 Å². The van der Waals surface area contributed by atoms with Crippen molar-refractivity contribution in [2.24, 2.45) is 0 Å². The lowest BCUT2D eigenvalue weighted by Crippen LogP contribution is -2.47. The second-order valence-electron chi connectivity index (χ2n) is 4.65. The SMILES string of the molecule is CNC1CCN(c2cc(F)ccc2F)C(C)C1. The van der Waals surface area contributed by atoms with Crippen molar-refractivity contribution < 1.29 is 8.78 Å². The highest BCUT2D eigenvalue weighted by atomic mass is 19.1. The molecule has 2 unspecified atom stereocenters. The van der Waals surface area contributed by atoms with Crippen LogP contribution in [0.4, 0.5) is 14.5 Å². The normalized spacial score (nSPS) is 25.1. The third kappa shape index (κ3) is 2.57. The molecule has 1 aliphatic heterocycles. The molecule has 4 heteroatoms. The van der Waals surface area contributed by atoms with Crippen molar-refractivity contribution in [1.82, 2.24) is 5.32 Å². The minimum absolute atomic E-state index is 0.220. The van der Waals surface area contributed by atoms with E-state index in [9.17, 15) is 8.78 Å². The Morgan fingerprint density at radius 1 is 1.35 bits per heavy atom. The second-order valence-corrected chi connectivity index (χ2v) is 4.65. The number of nitrogens with one attached hydrogen (secondary N) is 1. The Morgan fingerprint density at radius 2 is 2.12 bits per heavy atom. The summed E-state index contributed by atoms with van der Waals surface area (Å²) in [4.78, 5) is 1.95. The van der Waals surface area contributed by atoms with Crippen molar-refractivity contribution >= 4 is 5.69 Å². The fourth-order valence-corrected chi connectivity index (χ4v) is 2.50. The minimum Gasteiger partial charge on any atom is -0.366 e. The van der Waals surface area contributed by atoms with Crippen molar-refractivity contribution in [3.05, 3.63) is 29.8 Å². The third-order valence-corrected chi connectivity index (χ3v) is 3.50. The molecule has 0 aliphatic carbocycles. The zero-order valence-electron chi connectivity index (χ0n) is 10.2. The largest absolute Gasteiger partial charge is 0.366 e. The number of nitrogens with zero attached hydrogens (tertiary/aromatic N) is 1. The minimum atomic E-state index is -0.385. The molecule has 0 saturated carbocycles. The first-order valence-corrected chi connectivity index (χ1v) is 6.00. The number of halogens is 2. The van der Waals surface area contributed by atoms with Gasteiger partial charge in [-0.05, 0) is 38.9 Å². The van der Waals surface area contributed by atoms with Crippen LogP contribution in [0.2, 0.25) is 0 Å². The zero-order chi connectivity index (χ0) is 12.4. The quantitative estimate of drug-likeness (QED) is 0.854. The predicted molar refractivity (Wildman–Crippen MR) is 65.2 cm³/mol. The molecule has 94 valence electrons. The Kier molecular flexibility index (Phi) is 3.62. The molecular weight excluding hydrogens is 222 g/mol. The van der Waals surface area contributed by atoms with Crippen LogP contribution in [0, 0.1) is 11.6 Å². The fraction of sp³-hybridized carbons (Fsp3) is 0.538. The van der Waals surface area contributed by atoms with Crippen LogP contribution in [-0.4, -0.2) is 25.7 Å². The molecule has 1 aliphatic rings. The summed E-state index contributed by atoms with van der Waals surface area (Å²) >= 11 is 0. The van der Waals surface area contributed by atoms with Gasteiger partial charge in [-0.2, -0.15) is 0 Å². The number of hydrogen-bond acceptors (Lipinski definition) is 2. The lowest BCUT2D eigenvalue weighted by Gasteiger charge is -2.39. The molecule has 1 heterocycles. The third-order valence-electron chi connectivity index (χ3n) is 3.50. The van der Waals surface area contributed by atoms with Gasteiger partial charge in [-0.25, -0.2) is 8.78 Å². The van der Waals surface area contributed by atoms with E-state index in [1.54, 1.807) is 0 Å². The summed E-state index contributed by atoms with van der Waals surface area (Å²) in [6.07, 6.45) is 1.91. The highest BCUT2D eigenvalue weighted by molar-refractivity contribution is 5.49. The summed E-state index contributed by atoms with van der Waals surface area (Å²) in [6, 6.07) is 4.33. The highest BCUT2D eigenvalue weighted by Crippen LogP contribution is 2.27. The smallest absolute Gasteiger partial charge is 0.146 e. The highest BCUT2D eigenvalue weighted by Gasteiger charge is 2.26. The molecule has 0 amide bonds. The Labute approximate surface area is 101 Å². The molecule has 2 atom stereocenters. The van der Waals surface area contributed by atoms with E-state index in [1.807, 2.05) is 18.9 Å². The van der Waals surface area contributed by atoms with Gasteiger partial charge in [0.1, 0.15) is 11.6 Å². The first-order valence-electron chi connectivity index (χ1n) is 6.00. The molecule has 1 aromatic rings. The van der Waals surface area contributed by atoms with E-state index >= 15 is 0 Å². The van der Waals surface area contributed by atoms with Crippen molar-refractivity contribution in [1.29, 1.82) is 0 Å². The van der Waals surface area contributed by atoms with Crippen LogP contribution >= 0.6 is 0 Å². The van der Waals surface area contributed by atoms with Gasteiger partial charge in [0.2, 0.25) is 0 Å². The summed E-state index contributed by atoms with van der Waals surface area (Å²) in [7, 11) is 1.94. The van der Waals surface area contributed by atoms with Gasteiger partial charge < -0.3 is 10.2 Å². The number of piperidine rings is 1. The van der Waals surface area contributed by atoms with E-state index in [4.69, 9.17) is 0 Å². The Morgan fingerprint density at radius 3 is 2.76 bits per heavy atom. The van der Waals surface area contributed by atoms with Gasteiger partial charge in [-0.15, -0.1) is 0 Å². The predicted octanol–water partition coefficient (Wildman–Crippen LogP) is 2.54. The van der Waals surface area contributed by atoms with Gasteiger partial charge >= 0.3 is 0 Å². The molecule has 1 N–H and O–H groups in total. The summed E-state index contributed by atoms with van der Waals surface area (Å²) in [5.74, 6) is -0.731. The van der Waals surface area contributed by atoms with Crippen LogP contribution in [0.25, 0.3) is 0 Å². The van der Waals surface area contributed by atoms with E-state index in [0.717, 1.165) is 25.5 Å². The molecule has 17 heavy (non-hydrogen) atoms. The van der Waals surface area contributed by atoms with Crippen LogP contribution in [0.1, 0.15) is 19.8 Å². The first kappa shape index (κ1) is 12.3. The summed E-state index contributed by atoms with van der Waals surface area (Å²) in [5, 5.41) is 3.24. The molecular formula is C13H18F2N2. The number of benzene rings is 1. The topological polar surface area (TPSA) is 15.3 Å². The fourth-order valence-electron chi connectivity index (χ4n) is 2.50. The standard InChI is InChI=1S/C13H18F2N2/c1-9-7-11(16-2)5-6-17(9)13-8-10(14)3-4-12(13)15/h3-4,8-9,11,16H,5-7H2,1-2H3. The molecule has 0 radical (unpaired) electrons. The van der Waals surface area contributed by atoms with E-state index in [1.165, 1.54) is 12.1 Å². The molecule has 1 saturated heterocycles. The number of anilines is 1. The molecule has 2 nitrogen and oxygen atoms in total. The van der Waals surface area contributed by atoms with Gasteiger partial charge in [0.15, 0.2) is 0 Å². The summed E-state index contributed by atoms with van der Waals surface area (Å²) < 4.78 is 26.8. The maximum Gasteiger partial charge on any atom is 0.146 e. The van der Waals surface area contributed by atoms with Gasteiger partial charge in [0.25, 0.3) is 0 Å². The average Bonchev–Trinajstić information content (AvgIpc) is 2.32. The molecule has 1 fully saturated rings. The molecule has 0 spiro atoms. The number of hydrogen-bond donors (Lipinski definition) is 1. The van der Waals surface area contributed by atoms with Crippen molar-refractivity contribution in [3.63, 3.8) is 0 Å². The maximum absolute atomic E-state index is 13.7. The van der Waals surface area contributed by atoms with Crippen molar-refractivity contribution in [3.8, 4) is 0 Å². The summed E-state index contributed by atoms with van der Waals surface area (Å²) in [5.41, 5.74) is 0.382. The molecule has 1 aromatic carbocycles. The van der Waals surface area contributed by atoms with Gasteiger partial charge in [0.05, 0.1) is 5.69 Å².